The van der Waals surface area contributed by atoms with Crippen LogP contribution in [0.1, 0.15) is 112 Å². The normalized spacial score (nSPS) is 25.3. The minimum absolute atomic E-state index is 0.357. The summed E-state index contributed by atoms with van der Waals surface area (Å²) in [6, 6.07) is 0. The average Bonchev–Trinajstić information content (AvgIpc) is 2.75. The van der Waals surface area contributed by atoms with Gasteiger partial charge in [-0.3, -0.25) is 4.79 Å². The zero-order valence-corrected chi connectivity index (χ0v) is 21.5. The van der Waals surface area contributed by atoms with Gasteiger partial charge in [0.15, 0.2) is 0 Å². The molecule has 0 N–H and O–H groups in total. The van der Waals surface area contributed by atoms with Gasteiger partial charge in [0.05, 0.1) is 0 Å². The summed E-state index contributed by atoms with van der Waals surface area (Å²) in [5.74, 6) is 3.88. The number of ketones is 1. The zero-order valence-electron chi connectivity index (χ0n) is 21.5. The average molecular weight is 427 g/mol. The Labute approximate surface area is 193 Å². The summed E-state index contributed by atoms with van der Waals surface area (Å²) in [7, 11) is 0. The van der Waals surface area contributed by atoms with E-state index in [0.29, 0.717) is 41.3 Å². The summed E-state index contributed by atoms with van der Waals surface area (Å²) < 4.78 is 0. The lowest BCUT2D eigenvalue weighted by molar-refractivity contribution is -0.124. The highest BCUT2D eigenvalue weighted by atomic mass is 16.1. The monoisotopic (exact) mass is 426 g/mol. The van der Waals surface area contributed by atoms with Gasteiger partial charge in [0.25, 0.3) is 0 Å². The number of carbonyl (C=O) groups is 1. The molecule has 0 spiro atoms. The topological polar surface area (TPSA) is 17.1 Å². The van der Waals surface area contributed by atoms with E-state index in [0.717, 1.165) is 38.5 Å². The molecule has 1 nitrogen and oxygen atoms in total. The fraction of sp³-hybridized carbons (Fsp3) is 0.767. The molecular weight excluding hydrogens is 376 g/mol. The third-order valence-corrected chi connectivity index (χ3v) is 8.37. The lowest BCUT2D eigenvalue weighted by Crippen LogP contribution is -2.27. The number of hydrogen-bond acceptors (Lipinski definition) is 1. The van der Waals surface area contributed by atoms with Crippen molar-refractivity contribution in [2.45, 2.75) is 112 Å². The number of allylic oxidation sites excluding steroid dienone is 5. The minimum atomic E-state index is 0.357. The van der Waals surface area contributed by atoms with Crippen molar-refractivity contribution in [1.82, 2.24) is 0 Å². The second-order valence-electron chi connectivity index (χ2n) is 11.1. The van der Waals surface area contributed by atoms with Crippen LogP contribution in [0.15, 0.2) is 35.5 Å². The molecular formula is C30H50O. The molecule has 2 aliphatic carbocycles. The summed E-state index contributed by atoms with van der Waals surface area (Å²) in [5.41, 5.74) is 4.44. The van der Waals surface area contributed by atoms with E-state index in [-0.39, 0.29) is 0 Å². The molecule has 0 aromatic rings. The van der Waals surface area contributed by atoms with Gasteiger partial charge in [0.2, 0.25) is 0 Å². The van der Waals surface area contributed by atoms with Crippen LogP contribution in [0.2, 0.25) is 0 Å². The van der Waals surface area contributed by atoms with Crippen LogP contribution < -0.4 is 0 Å². The maximum atomic E-state index is 12.9. The summed E-state index contributed by atoms with van der Waals surface area (Å²) in [4.78, 5) is 12.9. The molecule has 0 saturated heterocycles. The van der Waals surface area contributed by atoms with Crippen molar-refractivity contribution in [1.29, 1.82) is 0 Å². The van der Waals surface area contributed by atoms with Crippen molar-refractivity contribution in [2.24, 2.45) is 35.5 Å². The van der Waals surface area contributed by atoms with Gasteiger partial charge in [-0.15, -0.1) is 0 Å². The Morgan fingerprint density at radius 2 is 1.84 bits per heavy atom. The predicted octanol–water partition coefficient (Wildman–Crippen LogP) is 9.10. The number of rotatable bonds is 11. The standard InChI is InChI=1S/C30H50O/c1-8-23(6)14-17-28(22(4)5)29-20-26(16-15-24(29)7)27(21(2)3)18-19-30(31)25-12-10-9-11-13-25/h14,20-21,24-25,27-29H,4,8-13,15-19H2,1-3,5-7H3. The fourth-order valence-corrected chi connectivity index (χ4v) is 5.94. The highest BCUT2D eigenvalue weighted by Gasteiger charge is 2.32. The van der Waals surface area contributed by atoms with Gasteiger partial charge in [0.1, 0.15) is 5.78 Å². The Hall–Kier alpha value is -1.11. The van der Waals surface area contributed by atoms with Gasteiger partial charge >= 0.3 is 0 Å². The number of hydrogen-bond donors (Lipinski definition) is 0. The van der Waals surface area contributed by atoms with Crippen LogP contribution in [0.3, 0.4) is 0 Å². The summed E-state index contributed by atoms with van der Waals surface area (Å²) in [5, 5.41) is 0. The van der Waals surface area contributed by atoms with E-state index in [1.807, 2.05) is 0 Å². The molecule has 4 atom stereocenters. The van der Waals surface area contributed by atoms with E-state index in [4.69, 9.17) is 0 Å². The first kappa shape index (κ1) is 26.1. The predicted molar refractivity (Wildman–Crippen MR) is 136 cm³/mol. The van der Waals surface area contributed by atoms with Crippen molar-refractivity contribution in [3.63, 3.8) is 0 Å². The first-order valence-electron chi connectivity index (χ1n) is 13.3. The third kappa shape index (κ3) is 7.76. The van der Waals surface area contributed by atoms with Crippen LogP contribution >= 0.6 is 0 Å². The van der Waals surface area contributed by atoms with E-state index >= 15 is 0 Å². The molecule has 1 fully saturated rings. The van der Waals surface area contributed by atoms with Crippen LogP contribution in [0, 0.1) is 35.5 Å². The molecule has 0 radical (unpaired) electrons. The molecule has 0 amide bonds. The lowest BCUT2D eigenvalue weighted by atomic mass is 9.68. The molecule has 2 aliphatic rings. The van der Waals surface area contributed by atoms with Crippen molar-refractivity contribution in [3.8, 4) is 0 Å². The molecule has 31 heavy (non-hydrogen) atoms. The van der Waals surface area contributed by atoms with Gasteiger partial charge in [-0.2, -0.15) is 0 Å². The molecule has 2 rings (SSSR count). The van der Waals surface area contributed by atoms with Crippen molar-refractivity contribution in [2.75, 3.05) is 0 Å². The SMILES string of the molecule is C=C(C)C(CC=C(C)CC)C1C=C(C(CCC(=O)C2CCCCC2)C(C)C)CCC1C. The highest BCUT2D eigenvalue weighted by molar-refractivity contribution is 5.81. The van der Waals surface area contributed by atoms with Crippen LogP contribution in [0.25, 0.3) is 0 Å². The van der Waals surface area contributed by atoms with Gasteiger partial charge in [0, 0.05) is 12.3 Å². The van der Waals surface area contributed by atoms with Crippen molar-refractivity contribution >= 4 is 5.78 Å². The third-order valence-electron chi connectivity index (χ3n) is 8.37. The van der Waals surface area contributed by atoms with Crippen molar-refractivity contribution in [3.05, 3.63) is 35.5 Å². The lowest BCUT2D eigenvalue weighted by Gasteiger charge is -2.37. The molecule has 1 heteroatoms. The largest absolute Gasteiger partial charge is 0.299 e. The second-order valence-corrected chi connectivity index (χ2v) is 11.1. The molecule has 176 valence electrons. The van der Waals surface area contributed by atoms with E-state index in [1.54, 1.807) is 5.57 Å². The van der Waals surface area contributed by atoms with Gasteiger partial charge in [-0.1, -0.05) is 82.4 Å². The van der Waals surface area contributed by atoms with Crippen molar-refractivity contribution < 1.29 is 4.79 Å². The maximum Gasteiger partial charge on any atom is 0.135 e. The quantitative estimate of drug-likeness (QED) is 0.301. The molecule has 4 unspecified atom stereocenters. The van der Waals surface area contributed by atoms with E-state index < -0.39 is 0 Å². The zero-order chi connectivity index (χ0) is 23.0. The fourth-order valence-electron chi connectivity index (χ4n) is 5.94. The Bertz CT molecular complexity index is 643. The molecule has 0 aliphatic heterocycles. The minimum Gasteiger partial charge on any atom is -0.299 e. The highest BCUT2D eigenvalue weighted by Crippen LogP contribution is 2.42. The molecule has 1 saturated carbocycles. The Kier molecular flexibility index (Phi) is 10.8. The number of Topliss-reactive ketones (excluding diaryl/α,β-unsaturated/α-hetero) is 1. The first-order chi connectivity index (χ1) is 14.7. The van der Waals surface area contributed by atoms with Gasteiger partial charge in [-0.25, -0.2) is 0 Å². The van der Waals surface area contributed by atoms with Crippen LogP contribution in [0.5, 0.6) is 0 Å². The summed E-state index contributed by atoms with van der Waals surface area (Å²) >= 11 is 0. The Morgan fingerprint density at radius 1 is 1.16 bits per heavy atom. The smallest absolute Gasteiger partial charge is 0.135 e. The van der Waals surface area contributed by atoms with E-state index in [1.165, 1.54) is 43.3 Å². The summed E-state index contributed by atoms with van der Waals surface area (Å²) in [6.45, 7) is 18.2. The van der Waals surface area contributed by atoms with Gasteiger partial charge in [-0.05, 0) is 88.4 Å². The molecule has 0 aromatic heterocycles. The van der Waals surface area contributed by atoms with Crippen LogP contribution in [-0.2, 0) is 4.79 Å². The summed E-state index contributed by atoms with van der Waals surface area (Å²) in [6.07, 6.45) is 17.7. The first-order valence-corrected chi connectivity index (χ1v) is 13.3. The van der Waals surface area contributed by atoms with Crippen LogP contribution in [-0.4, -0.2) is 5.78 Å². The second kappa shape index (κ2) is 12.8. The Morgan fingerprint density at radius 3 is 2.42 bits per heavy atom. The molecule has 0 bridgehead atoms. The molecule has 0 heterocycles. The van der Waals surface area contributed by atoms with E-state index in [2.05, 4.69) is 60.3 Å². The Balaban J connectivity index is 2.13. The van der Waals surface area contributed by atoms with E-state index in [9.17, 15) is 4.79 Å². The van der Waals surface area contributed by atoms with Gasteiger partial charge < -0.3 is 0 Å². The maximum absolute atomic E-state index is 12.9. The van der Waals surface area contributed by atoms with Crippen LogP contribution in [0.4, 0.5) is 0 Å². The number of carbonyl (C=O) groups excluding carboxylic acids is 1. The molecule has 0 aromatic carbocycles.